The predicted octanol–water partition coefficient (Wildman–Crippen LogP) is 2.99. The lowest BCUT2D eigenvalue weighted by Gasteiger charge is -2.26. The van der Waals surface area contributed by atoms with Crippen LogP contribution in [0.5, 0.6) is 23.0 Å². The second-order valence-corrected chi connectivity index (χ2v) is 7.77. The van der Waals surface area contributed by atoms with Gasteiger partial charge in [0.25, 0.3) is 0 Å². The summed E-state index contributed by atoms with van der Waals surface area (Å²) in [6, 6.07) is 10.6. The van der Waals surface area contributed by atoms with Crippen molar-refractivity contribution in [2.24, 2.45) is 5.73 Å². The van der Waals surface area contributed by atoms with Crippen molar-refractivity contribution in [2.45, 2.75) is 18.9 Å². The summed E-state index contributed by atoms with van der Waals surface area (Å²) in [6.45, 7) is -0.117. The molecule has 0 bridgehead atoms. The molecule has 3 N–H and O–H groups in total. The van der Waals surface area contributed by atoms with Crippen molar-refractivity contribution in [1.82, 2.24) is 5.32 Å². The number of carbonyl (C=O) groups excluding carboxylic acids is 2. The number of ether oxygens (including phenoxy) is 4. The van der Waals surface area contributed by atoms with E-state index < -0.39 is 0 Å². The number of hydrogen-bond acceptors (Lipinski definition) is 7. The molecule has 8 heteroatoms. The summed E-state index contributed by atoms with van der Waals surface area (Å²) >= 11 is 0. The lowest BCUT2D eigenvalue weighted by Crippen LogP contribution is -2.42. The van der Waals surface area contributed by atoms with E-state index in [9.17, 15) is 9.59 Å². The molecule has 1 saturated carbocycles. The summed E-state index contributed by atoms with van der Waals surface area (Å²) in [5, 5.41) is 2.92. The van der Waals surface area contributed by atoms with E-state index in [1.165, 1.54) is 0 Å². The van der Waals surface area contributed by atoms with Gasteiger partial charge in [0.2, 0.25) is 5.91 Å². The third kappa shape index (κ3) is 5.77. The van der Waals surface area contributed by atoms with E-state index in [1.807, 2.05) is 24.3 Å². The minimum Gasteiger partial charge on any atom is -0.493 e. The number of carbonyl (C=O) groups is 2. The second kappa shape index (κ2) is 11.4. The van der Waals surface area contributed by atoms with E-state index in [1.54, 1.807) is 52.7 Å². The molecule has 0 radical (unpaired) electrons. The average Bonchev–Trinajstić information content (AvgIpc) is 2.86. The van der Waals surface area contributed by atoms with Gasteiger partial charge in [-0.05, 0) is 60.4 Å². The van der Waals surface area contributed by atoms with Crippen LogP contribution in [0, 0.1) is 0 Å². The zero-order valence-corrected chi connectivity index (χ0v) is 19.8. The number of methoxy groups -OCH3 is 4. The van der Waals surface area contributed by atoms with E-state index in [4.69, 9.17) is 24.7 Å². The molecule has 2 aromatic carbocycles. The zero-order chi connectivity index (χ0) is 24.7. The van der Waals surface area contributed by atoms with Crippen LogP contribution in [0.4, 0.5) is 0 Å². The van der Waals surface area contributed by atoms with Crippen molar-refractivity contribution < 1.29 is 28.5 Å². The molecular formula is C26H30N2O6. The van der Waals surface area contributed by atoms with Crippen LogP contribution in [-0.4, -0.2) is 52.7 Å². The molecule has 180 valence electrons. The van der Waals surface area contributed by atoms with Crippen LogP contribution in [0.15, 0.2) is 47.5 Å². The van der Waals surface area contributed by atoms with Crippen LogP contribution < -0.4 is 30.0 Å². The third-order valence-corrected chi connectivity index (χ3v) is 5.56. The number of hydrogen-bond donors (Lipinski definition) is 2. The molecule has 8 nitrogen and oxygen atoms in total. The number of Topliss-reactive ketones (excluding diaryl/α,β-unsaturated/α-hetero) is 1. The van der Waals surface area contributed by atoms with Gasteiger partial charge in [-0.1, -0.05) is 12.1 Å². The Balaban J connectivity index is 2.00. The van der Waals surface area contributed by atoms with E-state index in [-0.39, 0.29) is 24.3 Å². The molecule has 3 rings (SSSR count). The first-order valence-electron chi connectivity index (χ1n) is 10.8. The quantitative estimate of drug-likeness (QED) is 0.576. The zero-order valence-electron chi connectivity index (χ0n) is 19.8. The molecule has 2 aromatic rings. The fraction of sp³-hybridized carbons (Fsp3) is 0.308. The summed E-state index contributed by atoms with van der Waals surface area (Å²) < 4.78 is 21.3. The van der Waals surface area contributed by atoms with Gasteiger partial charge in [0.1, 0.15) is 0 Å². The van der Waals surface area contributed by atoms with Gasteiger partial charge in [-0.3, -0.25) is 9.59 Å². The third-order valence-electron chi connectivity index (χ3n) is 5.56. The minimum absolute atomic E-state index is 0.0807. The lowest BCUT2D eigenvalue weighted by atomic mass is 9.83. The van der Waals surface area contributed by atoms with Crippen molar-refractivity contribution in [3.8, 4) is 23.0 Å². The van der Waals surface area contributed by atoms with Crippen molar-refractivity contribution >= 4 is 23.8 Å². The fourth-order valence-corrected chi connectivity index (χ4v) is 3.92. The number of amides is 1. The Hall–Kier alpha value is -3.78. The first-order valence-corrected chi connectivity index (χ1v) is 10.8. The minimum atomic E-state index is -0.268. The summed E-state index contributed by atoms with van der Waals surface area (Å²) in [7, 11) is 6.25. The second-order valence-electron chi connectivity index (χ2n) is 7.77. The first kappa shape index (κ1) is 24.9. The average molecular weight is 467 g/mol. The predicted molar refractivity (Wildman–Crippen MR) is 130 cm³/mol. The summed E-state index contributed by atoms with van der Waals surface area (Å²) in [5.41, 5.74) is 8.22. The smallest absolute Gasteiger partial charge is 0.233 e. The summed E-state index contributed by atoms with van der Waals surface area (Å²) in [6.07, 6.45) is 4.41. The van der Waals surface area contributed by atoms with Crippen molar-refractivity contribution in [3.63, 3.8) is 0 Å². The van der Waals surface area contributed by atoms with Crippen LogP contribution in [0.25, 0.3) is 12.2 Å². The number of nitrogens with one attached hydrogen (secondary N) is 1. The van der Waals surface area contributed by atoms with Gasteiger partial charge < -0.3 is 30.0 Å². The maximum atomic E-state index is 13.4. The molecule has 0 spiro atoms. The number of rotatable bonds is 8. The molecular weight excluding hydrogens is 436 g/mol. The Morgan fingerprint density at radius 2 is 1.29 bits per heavy atom. The van der Waals surface area contributed by atoms with Crippen molar-refractivity contribution in [1.29, 1.82) is 0 Å². The van der Waals surface area contributed by atoms with Crippen LogP contribution in [0.2, 0.25) is 0 Å². The Kier molecular flexibility index (Phi) is 8.32. The van der Waals surface area contributed by atoms with E-state index >= 15 is 0 Å². The standard InChI is InChI=1S/C26H30N2O6/c1-31-21-7-5-16(11-23(21)33-3)9-18-13-20(28-25(29)15-27)14-19(26(18)30)10-17-6-8-22(32-2)24(12-17)34-4/h5-12,20H,13-15,27H2,1-4H3,(H,28,29)/b18-9+,19-10+. The Bertz CT molecular complexity index is 1040. The van der Waals surface area contributed by atoms with Gasteiger partial charge in [0.15, 0.2) is 28.8 Å². The van der Waals surface area contributed by atoms with Gasteiger partial charge in [-0.2, -0.15) is 0 Å². The molecule has 1 aliphatic rings. The maximum Gasteiger partial charge on any atom is 0.233 e. The topological polar surface area (TPSA) is 109 Å². The lowest BCUT2D eigenvalue weighted by molar-refractivity contribution is -0.121. The SMILES string of the molecule is COc1ccc(/C=C2\CC(NC(=O)CN)C/C(=C\c3ccc(OC)c(OC)c3)C2=O)cc1OC. The van der Waals surface area contributed by atoms with Crippen LogP contribution >= 0.6 is 0 Å². The molecule has 1 fully saturated rings. The molecule has 0 aromatic heterocycles. The van der Waals surface area contributed by atoms with Crippen LogP contribution in [-0.2, 0) is 9.59 Å². The Labute approximate surface area is 199 Å². The van der Waals surface area contributed by atoms with Gasteiger partial charge in [0.05, 0.1) is 35.0 Å². The number of nitrogens with two attached hydrogens (primary N) is 1. The van der Waals surface area contributed by atoms with Gasteiger partial charge >= 0.3 is 0 Å². The number of ketones is 1. The van der Waals surface area contributed by atoms with Gasteiger partial charge in [-0.15, -0.1) is 0 Å². The molecule has 0 atom stereocenters. The van der Waals surface area contributed by atoms with Crippen molar-refractivity contribution in [3.05, 3.63) is 58.7 Å². The maximum absolute atomic E-state index is 13.4. The molecule has 0 unspecified atom stereocenters. The summed E-state index contributed by atoms with van der Waals surface area (Å²) in [5.74, 6) is 1.98. The summed E-state index contributed by atoms with van der Waals surface area (Å²) in [4.78, 5) is 25.4. The van der Waals surface area contributed by atoms with Gasteiger partial charge in [0, 0.05) is 17.2 Å². The molecule has 34 heavy (non-hydrogen) atoms. The fourth-order valence-electron chi connectivity index (χ4n) is 3.92. The van der Waals surface area contributed by atoms with E-state index in [2.05, 4.69) is 5.32 Å². The highest BCUT2D eigenvalue weighted by molar-refractivity contribution is 6.14. The molecule has 0 saturated heterocycles. The molecule has 0 aliphatic heterocycles. The normalized spacial score (nSPS) is 18.0. The van der Waals surface area contributed by atoms with Crippen LogP contribution in [0.3, 0.4) is 0 Å². The number of benzene rings is 2. The van der Waals surface area contributed by atoms with Gasteiger partial charge in [-0.25, -0.2) is 0 Å². The molecule has 1 aliphatic carbocycles. The Morgan fingerprint density at radius 1 is 0.853 bits per heavy atom. The molecule has 1 amide bonds. The Morgan fingerprint density at radius 3 is 1.68 bits per heavy atom. The van der Waals surface area contributed by atoms with E-state index in [0.29, 0.717) is 47.0 Å². The highest BCUT2D eigenvalue weighted by Gasteiger charge is 2.29. The largest absolute Gasteiger partial charge is 0.493 e. The van der Waals surface area contributed by atoms with E-state index in [0.717, 1.165) is 11.1 Å². The molecule has 0 heterocycles. The highest BCUT2D eigenvalue weighted by Crippen LogP contribution is 2.33. The highest BCUT2D eigenvalue weighted by atomic mass is 16.5. The monoisotopic (exact) mass is 466 g/mol. The van der Waals surface area contributed by atoms with Crippen molar-refractivity contribution in [2.75, 3.05) is 35.0 Å². The van der Waals surface area contributed by atoms with Crippen LogP contribution in [0.1, 0.15) is 24.0 Å². The first-order chi connectivity index (χ1) is 16.4.